The summed E-state index contributed by atoms with van der Waals surface area (Å²) in [6.07, 6.45) is 0. The van der Waals surface area contributed by atoms with Crippen molar-refractivity contribution in [2.24, 2.45) is 0 Å². The number of rotatable bonds is 7. The highest BCUT2D eigenvalue weighted by atomic mass is 32.2. The summed E-state index contributed by atoms with van der Waals surface area (Å²) < 4.78 is 31.7. The summed E-state index contributed by atoms with van der Waals surface area (Å²) in [6.45, 7) is 7.08. The van der Waals surface area contributed by atoms with Gasteiger partial charge in [0.15, 0.2) is 0 Å². The van der Waals surface area contributed by atoms with Gasteiger partial charge in [-0.15, -0.1) is 0 Å². The Hall–Kier alpha value is -2.09. The Morgan fingerprint density at radius 1 is 1.00 bits per heavy atom. The van der Waals surface area contributed by atoms with Crippen molar-refractivity contribution in [1.82, 2.24) is 9.21 Å². The molecule has 0 saturated carbocycles. The van der Waals surface area contributed by atoms with Gasteiger partial charge in [0.05, 0.1) is 17.2 Å². The van der Waals surface area contributed by atoms with E-state index in [0.717, 1.165) is 49.7 Å². The molecule has 152 valence electrons. The third-order valence-electron chi connectivity index (χ3n) is 4.96. The maximum atomic E-state index is 12.4. The summed E-state index contributed by atoms with van der Waals surface area (Å²) in [4.78, 5) is 5.06. The van der Waals surface area contributed by atoms with Crippen LogP contribution in [-0.4, -0.2) is 64.5 Å². The molecule has 7 heteroatoms. The molecular formula is C21H29N3O3S. The Bertz CT molecular complexity index is 891. The average Bonchev–Trinajstić information content (AvgIpc) is 2.69. The highest BCUT2D eigenvalue weighted by Crippen LogP contribution is 2.29. The summed E-state index contributed by atoms with van der Waals surface area (Å²) in [7, 11) is -0.289. The van der Waals surface area contributed by atoms with Gasteiger partial charge >= 0.3 is 0 Å². The fourth-order valence-electron chi connectivity index (χ4n) is 3.42. The minimum absolute atomic E-state index is 0.347. The van der Waals surface area contributed by atoms with Crippen molar-refractivity contribution in [3.05, 3.63) is 54.1 Å². The Balaban J connectivity index is 1.64. The van der Waals surface area contributed by atoms with Crippen LogP contribution in [0.25, 0.3) is 0 Å². The second kappa shape index (κ2) is 8.94. The molecule has 1 heterocycles. The minimum atomic E-state index is -3.40. The molecule has 1 aliphatic rings. The van der Waals surface area contributed by atoms with Crippen molar-refractivity contribution >= 4 is 15.7 Å². The molecule has 0 aliphatic carbocycles. The summed E-state index contributed by atoms with van der Waals surface area (Å²) in [5, 5.41) is 0. The van der Waals surface area contributed by atoms with Crippen LogP contribution < -0.4 is 9.64 Å². The molecule has 0 spiro atoms. The van der Waals surface area contributed by atoms with Crippen molar-refractivity contribution in [1.29, 1.82) is 0 Å². The third-order valence-corrected chi connectivity index (χ3v) is 6.77. The van der Waals surface area contributed by atoms with Crippen LogP contribution in [-0.2, 0) is 16.6 Å². The maximum Gasteiger partial charge on any atom is 0.242 e. The maximum absolute atomic E-state index is 12.4. The normalized spacial score (nSPS) is 15.8. The molecule has 28 heavy (non-hydrogen) atoms. The first-order valence-electron chi connectivity index (χ1n) is 9.62. The van der Waals surface area contributed by atoms with E-state index in [2.05, 4.69) is 15.9 Å². The standard InChI is InChI=1S/C21H29N3O3S/c1-4-27-21-11-6-5-10-20(21)24-14-12-23(13-15-24)17-18-8-7-9-19(16-18)28(25,26)22(2)3/h5-11,16H,4,12-15,17H2,1-3H3. The molecular weight excluding hydrogens is 374 g/mol. The molecule has 0 bridgehead atoms. The van der Waals surface area contributed by atoms with E-state index in [9.17, 15) is 8.42 Å². The van der Waals surface area contributed by atoms with Crippen molar-refractivity contribution in [3.63, 3.8) is 0 Å². The van der Waals surface area contributed by atoms with Gasteiger partial charge in [0.1, 0.15) is 5.75 Å². The fourth-order valence-corrected chi connectivity index (χ4v) is 4.39. The van der Waals surface area contributed by atoms with Gasteiger partial charge < -0.3 is 9.64 Å². The SMILES string of the molecule is CCOc1ccccc1N1CCN(Cc2cccc(S(=O)(=O)N(C)C)c2)CC1. The minimum Gasteiger partial charge on any atom is -0.492 e. The molecule has 3 rings (SSSR count). The molecule has 2 aromatic carbocycles. The molecule has 0 amide bonds. The number of sulfonamides is 1. The number of nitrogens with zero attached hydrogens (tertiary/aromatic N) is 3. The fraction of sp³-hybridized carbons (Fsp3) is 0.429. The Morgan fingerprint density at radius 3 is 2.39 bits per heavy atom. The van der Waals surface area contributed by atoms with E-state index in [1.165, 1.54) is 4.31 Å². The van der Waals surface area contributed by atoms with Crippen molar-refractivity contribution in [2.75, 3.05) is 51.8 Å². The predicted octanol–water partition coefficient (Wildman–Crippen LogP) is 2.66. The first kappa shape index (κ1) is 20.6. The Morgan fingerprint density at radius 2 is 1.71 bits per heavy atom. The highest BCUT2D eigenvalue weighted by molar-refractivity contribution is 7.89. The molecule has 1 saturated heterocycles. The number of piperazine rings is 1. The topological polar surface area (TPSA) is 53.1 Å². The molecule has 0 atom stereocenters. The molecule has 0 unspecified atom stereocenters. The molecule has 2 aromatic rings. The average molecular weight is 404 g/mol. The van der Waals surface area contributed by atoms with E-state index in [-0.39, 0.29) is 0 Å². The predicted molar refractivity (Wildman–Crippen MR) is 112 cm³/mol. The van der Waals surface area contributed by atoms with Gasteiger partial charge in [-0.3, -0.25) is 4.90 Å². The van der Waals surface area contributed by atoms with Crippen LogP contribution in [0.5, 0.6) is 5.75 Å². The smallest absolute Gasteiger partial charge is 0.242 e. The number of ether oxygens (including phenoxy) is 1. The summed E-state index contributed by atoms with van der Waals surface area (Å²) in [5.41, 5.74) is 2.16. The highest BCUT2D eigenvalue weighted by Gasteiger charge is 2.21. The van der Waals surface area contributed by atoms with E-state index in [4.69, 9.17) is 4.74 Å². The van der Waals surface area contributed by atoms with E-state index >= 15 is 0 Å². The number of hydrogen-bond acceptors (Lipinski definition) is 5. The van der Waals surface area contributed by atoms with Crippen LogP contribution in [0, 0.1) is 0 Å². The second-order valence-electron chi connectivity index (χ2n) is 7.10. The van der Waals surface area contributed by atoms with Crippen LogP contribution in [0.2, 0.25) is 0 Å². The quantitative estimate of drug-likeness (QED) is 0.711. The molecule has 1 aliphatic heterocycles. The van der Waals surface area contributed by atoms with E-state index in [1.807, 2.05) is 37.3 Å². The van der Waals surface area contributed by atoms with Crippen LogP contribution in [0.4, 0.5) is 5.69 Å². The zero-order chi connectivity index (χ0) is 20.1. The number of hydrogen-bond donors (Lipinski definition) is 0. The van der Waals surface area contributed by atoms with Gasteiger partial charge in [-0.25, -0.2) is 12.7 Å². The van der Waals surface area contributed by atoms with Crippen molar-refractivity contribution in [2.45, 2.75) is 18.4 Å². The van der Waals surface area contributed by atoms with Crippen LogP contribution in [0.15, 0.2) is 53.4 Å². The second-order valence-corrected chi connectivity index (χ2v) is 9.25. The summed E-state index contributed by atoms with van der Waals surface area (Å²) >= 11 is 0. The van der Waals surface area contributed by atoms with Crippen LogP contribution in [0.3, 0.4) is 0 Å². The van der Waals surface area contributed by atoms with Gasteiger partial charge in [-0.05, 0) is 36.8 Å². The molecule has 1 fully saturated rings. The lowest BCUT2D eigenvalue weighted by Crippen LogP contribution is -2.46. The monoisotopic (exact) mass is 403 g/mol. The Labute approximate surface area is 168 Å². The summed E-state index contributed by atoms with van der Waals surface area (Å²) in [5.74, 6) is 0.931. The zero-order valence-electron chi connectivity index (χ0n) is 16.8. The van der Waals surface area contributed by atoms with Gasteiger partial charge in [-0.2, -0.15) is 0 Å². The van der Waals surface area contributed by atoms with E-state index < -0.39 is 10.0 Å². The lowest BCUT2D eigenvalue weighted by atomic mass is 10.2. The lowest BCUT2D eigenvalue weighted by molar-refractivity contribution is 0.248. The largest absolute Gasteiger partial charge is 0.492 e. The van der Waals surface area contributed by atoms with Gasteiger partial charge in [0.2, 0.25) is 10.0 Å². The van der Waals surface area contributed by atoms with Crippen molar-refractivity contribution < 1.29 is 13.2 Å². The zero-order valence-corrected chi connectivity index (χ0v) is 17.7. The molecule has 0 aromatic heterocycles. The first-order chi connectivity index (χ1) is 13.4. The van der Waals surface area contributed by atoms with E-state index in [0.29, 0.717) is 11.5 Å². The van der Waals surface area contributed by atoms with Gasteiger partial charge in [0.25, 0.3) is 0 Å². The van der Waals surface area contributed by atoms with Gasteiger partial charge in [0, 0.05) is 46.8 Å². The van der Waals surface area contributed by atoms with Crippen LogP contribution >= 0.6 is 0 Å². The first-order valence-corrected chi connectivity index (χ1v) is 11.1. The Kier molecular flexibility index (Phi) is 6.59. The summed E-state index contributed by atoms with van der Waals surface area (Å²) in [6, 6.07) is 15.4. The molecule has 0 radical (unpaired) electrons. The number of para-hydroxylation sites is 2. The van der Waals surface area contributed by atoms with Crippen LogP contribution in [0.1, 0.15) is 12.5 Å². The van der Waals surface area contributed by atoms with Crippen molar-refractivity contribution in [3.8, 4) is 5.75 Å². The number of benzene rings is 2. The molecule has 0 N–H and O–H groups in total. The van der Waals surface area contributed by atoms with Gasteiger partial charge in [-0.1, -0.05) is 24.3 Å². The third kappa shape index (κ3) is 4.66. The van der Waals surface area contributed by atoms with E-state index in [1.54, 1.807) is 26.2 Å². The number of anilines is 1. The molecule has 6 nitrogen and oxygen atoms in total. The lowest BCUT2D eigenvalue weighted by Gasteiger charge is -2.36.